The molecule has 0 amide bonds. The van der Waals surface area contributed by atoms with Crippen LogP contribution in [-0.4, -0.2) is 40.7 Å². The van der Waals surface area contributed by atoms with E-state index in [9.17, 15) is 13.6 Å². The Morgan fingerprint density at radius 1 is 1.17 bits per heavy atom. The highest BCUT2D eigenvalue weighted by atomic mass is 19.3. The first kappa shape index (κ1) is 22.1. The number of aliphatic carboxylic acids is 1. The topological polar surface area (TPSA) is 134 Å². The van der Waals surface area contributed by atoms with Crippen molar-refractivity contribution >= 4 is 17.7 Å². The molecule has 5 N–H and O–H groups in total. The van der Waals surface area contributed by atoms with Crippen LogP contribution in [0.15, 0.2) is 24.3 Å². The van der Waals surface area contributed by atoms with Crippen LogP contribution in [0.3, 0.4) is 0 Å². The van der Waals surface area contributed by atoms with Gasteiger partial charge in [-0.15, -0.1) is 0 Å². The third-order valence-corrected chi connectivity index (χ3v) is 4.14. The van der Waals surface area contributed by atoms with Gasteiger partial charge in [-0.2, -0.15) is 4.98 Å². The van der Waals surface area contributed by atoms with E-state index in [0.29, 0.717) is 35.6 Å². The number of carboxylic acids is 1. The number of hydrogen-bond donors (Lipinski definition) is 3. The van der Waals surface area contributed by atoms with Crippen LogP contribution < -0.4 is 20.9 Å². The van der Waals surface area contributed by atoms with E-state index in [1.807, 2.05) is 6.92 Å². The Labute approximate surface area is 166 Å². The standard InChI is InChI=1S/C19H24F2N4O4/c1-2-13-15(17(22)25-19(23)24-13)29-9-5-8-28-14-7-4-3-6-11(14)10-12(16(20)21)18(26)27/h3-4,6-7,12,16H,2,5,8-10H2,1H3,(H,26,27)(H4,22,23,24,25)/t12-/m1/s1. The average Bonchev–Trinajstić information content (AvgIpc) is 2.67. The van der Waals surface area contributed by atoms with Crippen LogP contribution in [0.1, 0.15) is 24.6 Å². The summed E-state index contributed by atoms with van der Waals surface area (Å²) < 4.78 is 37.2. The van der Waals surface area contributed by atoms with Gasteiger partial charge in [0.05, 0.1) is 18.9 Å². The fraction of sp³-hybridized carbons (Fsp3) is 0.421. The number of carboxylic acid groups (broad SMARTS) is 1. The number of halogens is 2. The Hall–Kier alpha value is -3.17. The highest BCUT2D eigenvalue weighted by Crippen LogP contribution is 2.26. The predicted octanol–water partition coefficient (Wildman–Crippen LogP) is 2.56. The molecule has 0 spiro atoms. The van der Waals surface area contributed by atoms with Gasteiger partial charge in [-0.25, -0.2) is 13.8 Å². The third-order valence-electron chi connectivity index (χ3n) is 4.14. The third kappa shape index (κ3) is 6.16. The quantitative estimate of drug-likeness (QED) is 0.481. The summed E-state index contributed by atoms with van der Waals surface area (Å²) in [6.45, 7) is 2.39. The van der Waals surface area contributed by atoms with Crippen molar-refractivity contribution in [2.75, 3.05) is 24.7 Å². The highest BCUT2D eigenvalue weighted by molar-refractivity contribution is 5.71. The molecule has 29 heavy (non-hydrogen) atoms. The van der Waals surface area contributed by atoms with Gasteiger partial charge in [-0.05, 0) is 24.5 Å². The number of nitrogens with two attached hydrogens (primary N) is 2. The summed E-state index contributed by atoms with van der Waals surface area (Å²) in [7, 11) is 0. The van der Waals surface area contributed by atoms with E-state index < -0.39 is 18.3 Å². The molecule has 0 unspecified atom stereocenters. The van der Waals surface area contributed by atoms with Gasteiger partial charge in [0.2, 0.25) is 5.95 Å². The number of nitrogen functional groups attached to an aromatic ring is 2. The minimum Gasteiger partial charge on any atom is -0.493 e. The summed E-state index contributed by atoms with van der Waals surface area (Å²) in [5.74, 6) is -2.35. The first-order valence-corrected chi connectivity index (χ1v) is 9.09. The predicted molar refractivity (Wildman–Crippen MR) is 103 cm³/mol. The Morgan fingerprint density at radius 2 is 1.86 bits per heavy atom. The Morgan fingerprint density at radius 3 is 2.52 bits per heavy atom. The molecule has 1 heterocycles. The lowest BCUT2D eigenvalue weighted by atomic mass is 9.99. The molecular formula is C19H24F2N4O4. The van der Waals surface area contributed by atoms with Crippen molar-refractivity contribution < 1.29 is 28.2 Å². The van der Waals surface area contributed by atoms with Crippen molar-refractivity contribution in [3.05, 3.63) is 35.5 Å². The van der Waals surface area contributed by atoms with Gasteiger partial charge < -0.3 is 26.0 Å². The summed E-state index contributed by atoms with van der Waals surface area (Å²) in [5, 5.41) is 8.97. The maximum absolute atomic E-state index is 12.9. The van der Waals surface area contributed by atoms with E-state index in [1.54, 1.807) is 24.3 Å². The number of para-hydroxylation sites is 1. The number of rotatable bonds is 11. The van der Waals surface area contributed by atoms with Gasteiger partial charge in [-0.1, -0.05) is 25.1 Å². The highest BCUT2D eigenvalue weighted by Gasteiger charge is 2.29. The van der Waals surface area contributed by atoms with Crippen molar-refractivity contribution in [3.8, 4) is 11.5 Å². The molecule has 1 aromatic carbocycles. The number of alkyl halides is 2. The minimum absolute atomic E-state index is 0.0788. The summed E-state index contributed by atoms with van der Waals surface area (Å²) in [4.78, 5) is 19.0. The van der Waals surface area contributed by atoms with Crippen molar-refractivity contribution in [3.63, 3.8) is 0 Å². The van der Waals surface area contributed by atoms with Crippen LogP contribution in [0.4, 0.5) is 20.5 Å². The maximum atomic E-state index is 12.9. The number of aromatic nitrogens is 2. The summed E-state index contributed by atoms with van der Waals surface area (Å²) in [6, 6.07) is 6.52. The SMILES string of the molecule is CCc1nc(N)nc(N)c1OCCCOc1ccccc1C[C@@H](C(=O)O)C(F)F. The molecule has 0 saturated carbocycles. The molecule has 2 aromatic rings. The molecule has 0 aliphatic heterocycles. The molecule has 0 bridgehead atoms. The number of anilines is 2. The summed E-state index contributed by atoms with van der Waals surface area (Å²) >= 11 is 0. The second-order valence-corrected chi connectivity index (χ2v) is 6.24. The fourth-order valence-electron chi connectivity index (χ4n) is 2.68. The van der Waals surface area contributed by atoms with Crippen LogP contribution in [0.25, 0.3) is 0 Å². The van der Waals surface area contributed by atoms with Crippen LogP contribution in [0.5, 0.6) is 11.5 Å². The molecule has 1 aromatic heterocycles. The van der Waals surface area contributed by atoms with Crippen LogP contribution in [0.2, 0.25) is 0 Å². The number of aryl methyl sites for hydroxylation is 1. The van der Waals surface area contributed by atoms with Crippen LogP contribution in [0, 0.1) is 5.92 Å². The lowest BCUT2D eigenvalue weighted by Gasteiger charge is -2.16. The Bertz CT molecular complexity index is 836. The van der Waals surface area contributed by atoms with Gasteiger partial charge in [0.15, 0.2) is 11.6 Å². The molecule has 0 radical (unpaired) electrons. The van der Waals surface area contributed by atoms with E-state index in [1.165, 1.54) is 0 Å². The van der Waals surface area contributed by atoms with E-state index in [-0.39, 0.29) is 31.4 Å². The second kappa shape index (κ2) is 10.4. The fourth-order valence-corrected chi connectivity index (χ4v) is 2.68. The molecule has 158 valence electrons. The summed E-state index contributed by atoms with van der Waals surface area (Å²) in [6.07, 6.45) is -2.24. The Kier molecular flexibility index (Phi) is 7.93. The maximum Gasteiger partial charge on any atom is 0.312 e. The molecular weight excluding hydrogens is 386 g/mol. The van der Waals surface area contributed by atoms with Crippen LogP contribution in [-0.2, 0) is 17.6 Å². The average molecular weight is 410 g/mol. The molecule has 1 atom stereocenters. The Balaban J connectivity index is 1.91. The first-order chi connectivity index (χ1) is 13.8. The molecule has 0 fully saturated rings. The smallest absolute Gasteiger partial charge is 0.312 e. The normalized spacial score (nSPS) is 12.0. The molecule has 0 saturated heterocycles. The van der Waals surface area contributed by atoms with Crippen molar-refractivity contribution in [2.45, 2.75) is 32.6 Å². The van der Waals surface area contributed by atoms with Crippen LogP contribution >= 0.6 is 0 Å². The van der Waals surface area contributed by atoms with E-state index in [2.05, 4.69) is 9.97 Å². The van der Waals surface area contributed by atoms with Crippen molar-refractivity contribution in [2.24, 2.45) is 5.92 Å². The molecule has 0 aliphatic rings. The van der Waals surface area contributed by atoms with Crippen molar-refractivity contribution in [1.29, 1.82) is 0 Å². The van der Waals surface area contributed by atoms with Crippen molar-refractivity contribution in [1.82, 2.24) is 9.97 Å². The zero-order chi connectivity index (χ0) is 21.4. The molecule has 0 aliphatic carbocycles. The zero-order valence-electron chi connectivity index (χ0n) is 16.0. The molecule has 10 heteroatoms. The number of carbonyl (C=O) groups is 1. The lowest BCUT2D eigenvalue weighted by molar-refractivity contribution is -0.146. The van der Waals surface area contributed by atoms with Gasteiger partial charge in [0.1, 0.15) is 11.7 Å². The second-order valence-electron chi connectivity index (χ2n) is 6.24. The largest absolute Gasteiger partial charge is 0.493 e. The molecule has 8 nitrogen and oxygen atoms in total. The van der Waals surface area contributed by atoms with E-state index >= 15 is 0 Å². The molecule has 2 rings (SSSR count). The summed E-state index contributed by atoms with van der Waals surface area (Å²) in [5.41, 5.74) is 12.4. The lowest BCUT2D eigenvalue weighted by Crippen LogP contribution is -2.24. The van der Waals surface area contributed by atoms with Gasteiger partial charge in [-0.3, -0.25) is 4.79 Å². The minimum atomic E-state index is -2.96. The number of nitrogens with zero attached hydrogens (tertiary/aromatic N) is 2. The van der Waals surface area contributed by atoms with Gasteiger partial charge >= 0.3 is 5.97 Å². The number of benzene rings is 1. The number of hydrogen-bond acceptors (Lipinski definition) is 7. The van der Waals surface area contributed by atoms with Gasteiger partial charge in [0, 0.05) is 6.42 Å². The monoisotopic (exact) mass is 410 g/mol. The van der Waals surface area contributed by atoms with Gasteiger partial charge in [0.25, 0.3) is 6.43 Å². The van der Waals surface area contributed by atoms with E-state index in [0.717, 1.165) is 0 Å². The number of ether oxygens (including phenoxy) is 2. The zero-order valence-corrected chi connectivity index (χ0v) is 16.0. The first-order valence-electron chi connectivity index (χ1n) is 9.09. The van der Waals surface area contributed by atoms with E-state index in [4.69, 9.17) is 26.0 Å².